The van der Waals surface area contributed by atoms with Gasteiger partial charge in [0.15, 0.2) is 6.29 Å². The van der Waals surface area contributed by atoms with Gasteiger partial charge in [-0.3, -0.25) is 14.4 Å². The molecule has 148 valence electrons. The van der Waals surface area contributed by atoms with Crippen molar-refractivity contribution in [3.63, 3.8) is 0 Å². The minimum Gasteiger partial charge on any atom is -0.508 e. The lowest BCUT2D eigenvalue weighted by atomic mass is 10.0. The zero-order valence-corrected chi connectivity index (χ0v) is 15.5. The van der Waals surface area contributed by atoms with Gasteiger partial charge in [-0.1, -0.05) is 18.2 Å². The van der Waals surface area contributed by atoms with Crippen LogP contribution in [-0.2, 0) is 38.3 Å². The number of aromatic hydroxyl groups is 2. The second-order valence-electron chi connectivity index (χ2n) is 6.23. The molecule has 0 spiro atoms. The Kier molecular flexibility index (Phi) is 7.56. The highest BCUT2D eigenvalue weighted by molar-refractivity contribution is 5.80. The Bertz CT molecular complexity index is 858. The number of esters is 2. The molecule has 0 saturated carbocycles. The number of rotatable bonds is 9. The van der Waals surface area contributed by atoms with E-state index in [2.05, 4.69) is 4.74 Å². The second kappa shape index (κ2) is 10.1. The fraction of sp³-hybridized carbons (Fsp3) is 0.286. The van der Waals surface area contributed by atoms with Crippen molar-refractivity contribution < 1.29 is 34.1 Å². The van der Waals surface area contributed by atoms with Crippen LogP contribution in [0.2, 0.25) is 0 Å². The molecule has 0 fully saturated rings. The van der Waals surface area contributed by atoms with Crippen molar-refractivity contribution in [1.29, 1.82) is 0 Å². The molecule has 0 aliphatic heterocycles. The number of benzene rings is 2. The molecule has 7 nitrogen and oxygen atoms in total. The van der Waals surface area contributed by atoms with E-state index in [0.29, 0.717) is 30.3 Å². The minimum absolute atomic E-state index is 0.0129. The van der Waals surface area contributed by atoms with Crippen LogP contribution in [0.15, 0.2) is 36.4 Å². The van der Waals surface area contributed by atoms with E-state index in [1.165, 1.54) is 25.3 Å². The standard InChI is InChI=1S/C21H22O7/c1-27-20(25)11-14-4-6-18(23)16(9-14)3-2-8-28-21(26)12-15-5-7-19(24)17(10-15)13-22/h4-7,9-10,13,23-24H,2-3,8,11-12H2,1H3. The first kappa shape index (κ1) is 21.0. The number of hydrogen-bond acceptors (Lipinski definition) is 7. The van der Waals surface area contributed by atoms with Gasteiger partial charge in [-0.25, -0.2) is 0 Å². The summed E-state index contributed by atoms with van der Waals surface area (Å²) < 4.78 is 9.80. The summed E-state index contributed by atoms with van der Waals surface area (Å²) in [4.78, 5) is 34.1. The zero-order chi connectivity index (χ0) is 20.5. The average molecular weight is 386 g/mol. The Morgan fingerprint density at radius 3 is 2.29 bits per heavy atom. The summed E-state index contributed by atoms with van der Waals surface area (Å²) in [6, 6.07) is 9.25. The summed E-state index contributed by atoms with van der Waals surface area (Å²) in [7, 11) is 1.32. The molecule has 0 unspecified atom stereocenters. The van der Waals surface area contributed by atoms with Crippen LogP contribution in [0.3, 0.4) is 0 Å². The summed E-state index contributed by atoms with van der Waals surface area (Å²) in [5.74, 6) is -0.837. The van der Waals surface area contributed by atoms with Crippen molar-refractivity contribution in [2.75, 3.05) is 13.7 Å². The summed E-state index contributed by atoms with van der Waals surface area (Å²) in [6.45, 7) is 0.165. The number of phenolic OH excluding ortho intramolecular Hbond substituents is 2. The molecule has 2 aromatic rings. The van der Waals surface area contributed by atoms with Crippen LogP contribution < -0.4 is 0 Å². The van der Waals surface area contributed by atoms with Gasteiger partial charge < -0.3 is 19.7 Å². The van der Waals surface area contributed by atoms with E-state index in [0.717, 1.165) is 5.56 Å². The van der Waals surface area contributed by atoms with Crippen molar-refractivity contribution in [3.05, 3.63) is 58.7 Å². The molecule has 0 aliphatic carbocycles. The molecule has 7 heteroatoms. The van der Waals surface area contributed by atoms with Crippen LogP contribution in [0.1, 0.15) is 33.5 Å². The van der Waals surface area contributed by atoms with Crippen molar-refractivity contribution in [2.45, 2.75) is 25.7 Å². The molecule has 0 aromatic heterocycles. The van der Waals surface area contributed by atoms with Gasteiger partial charge in [0, 0.05) is 0 Å². The molecule has 2 rings (SSSR count). The van der Waals surface area contributed by atoms with Crippen LogP contribution in [0.4, 0.5) is 0 Å². The van der Waals surface area contributed by atoms with E-state index >= 15 is 0 Å². The van der Waals surface area contributed by atoms with Crippen LogP contribution >= 0.6 is 0 Å². The molecular formula is C21H22O7. The number of carbonyl (C=O) groups is 3. The minimum atomic E-state index is -0.453. The summed E-state index contributed by atoms with van der Waals surface area (Å²) >= 11 is 0. The van der Waals surface area contributed by atoms with E-state index in [-0.39, 0.29) is 42.5 Å². The third-order valence-electron chi connectivity index (χ3n) is 4.14. The van der Waals surface area contributed by atoms with Crippen molar-refractivity contribution in [3.8, 4) is 11.5 Å². The van der Waals surface area contributed by atoms with Crippen LogP contribution in [0.5, 0.6) is 11.5 Å². The quantitative estimate of drug-likeness (QED) is 0.387. The molecule has 0 aliphatic rings. The predicted molar refractivity (Wildman–Crippen MR) is 100 cm³/mol. The first-order valence-electron chi connectivity index (χ1n) is 8.73. The number of hydrogen-bond donors (Lipinski definition) is 2. The number of carbonyl (C=O) groups excluding carboxylic acids is 3. The largest absolute Gasteiger partial charge is 0.508 e. The average Bonchev–Trinajstić information content (AvgIpc) is 2.68. The molecule has 0 atom stereocenters. The summed E-state index contributed by atoms with van der Waals surface area (Å²) in [6.07, 6.45) is 1.60. The number of ether oxygens (including phenoxy) is 2. The Balaban J connectivity index is 1.82. The molecule has 0 saturated heterocycles. The van der Waals surface area contributed by atoms with Gasteiger partial charge in [0.1, 0.15) is 11.5 Å². The van der Waals surface area contributed by atoms with Gasteiger partial charge in [-0.2, -0.15) is 0 Å². The fourth-order valence-corrected chi connectivity index (χ4v) is 2.66. The molecule has 0 bridgehead atoms. The molecule has 0 amide bonds. The Morgan fingerprint density at radius 2 is 1.61 bits per heavy atom. The number of aldehydes is 1. The second-order valence-corrected chi connectivity index (χ2v) is 6.23. The highest BCUT2D eigenvalue weighted by Crippen LogP contribution is 2.21. The van der Waals surface area contributed by atoms with E-state index < -0.39 is 5.97 Å². The van der Waals surface area contributed by atoms with Crippen LogP contribution in [-0.4, -0.2) is 42.2 Å². The third kappa shape index (κ3) is 6.12. The van der Waals surface area contributed by atoms with Gasteiger partial charge in [0.2, 0.25) is 0 Å². The van der Waals surface area contributed by atoms with Gasteiger partial charge in [0.05, 0.1) is 32.1 Å². The number of phenols is 2. The van der Waals surface area contributed by atoms with Gasteiger partial charge in [-0.05, 0) is 47.7 Å². The highest BCUT2D eigenvalue weighted by Gasteiger charge is 2.10. The molecule has 0 heterocycles. The first-order valence-corrected chi connectivity index (χ1v) is 8.73. The van der Waals surface area contributed by atoms with E-state index in [9.17, 15) is 24.6 Å². The number of methoxy groups -OCH3 is 1. The van der Waals surface area contributed by atoms with Gasteiger partial charge in [0.25, 0.3) is 0 Å². The lowest BCUT2D eigenvalue weighted by molar-refractivity contribution is -0.143. The maximum Gasteiger partial charge on any atom is 0.310 e. The topological polar surface area (TPSA) is 110 Å². The monoisotopic (exact) mass is 386 g/mol. The lowest BCUT2D eigenvalue weighted by Crippen LogP contribution is -2.10. The molecule has 2 N–H and O–H groups in total. The van der Waals surface area contributed by atoms with Gasteiger partial charge in [-0.15, -0.1) is 0 Å². The molecule has 28 heavy (non-hydrogen) atoms. The zero-order valence-electron chi connectivity index (χ0n) is 15.5. The SMILES string of the molecule is COC(=O)Cc1ccc(O)c(CCCOC(=O)Cc2ccc(O)c(C=O)c2)c1. The normalized spacial score (nSPS) is 10.3. The van der Waals surface area contributed by atoms with Crippen molar-refractivity contribution >= 4 is 18.2 Å². The molecule has 0 radical (unpaired) electrons. The highest BCUT2D eigenvalue weighted by atomic mass is 16.5. The maximum absolute atomic E-state index is 11.9. The number of aryl methyl sites for hydroxylation is 1. The Hall–Kier alpha value is -3.35. The third-order valence-corrected chi connectivity index (χ3v) is 4.14. The lowest BCUT2D eigenvalue weighted by Gasteiger charge is -2.09. The Morgan fingerprint density at radius 1 is 0.964 bits per heavy atom. The predicted octanol–water partition coefficient (Wildman–Crippen LogP) is 2.34. The molecular weight excluding hydrogens is 364 g/mol. The smallest absolute Gasteiger partial charge is 0.310 e. The van der Waals surface area contributed by atoms with Gasteiger partial charge >= 0.3 is 11.9 Å². The van der Waals surface area contributed by atoms with E-state index in [1.807, 2.05) is 0 Å². The maximum atomic E-state index is 11.9. The Labute approximate surface area is 162 Å². The summed E-state index contributed by atoms with van der Waals surface area (Å²) in [5.41, 5.74) is 2.08. The fourth-order valence-electron chi connectivity index (χ4n) is 2.66. The molecule has 2 aromatic carbocycles. The first-order chi connectivity index (χ1) is 13.4. The summed E-state index contributed by atoms with van der Waals surface area (Å²) in [5, 5.41) is 19.4. The van der Waals surface area contributed by atoms with Crippen LogP contribution in [0.25, 0.3) is 0 Å². The van der Waals surface area contributed by atoms with Crippen LogP contribution in [0, 0.1) is 0 Å². The van der Waals surface area contributed by atoms with E-state index in [4.69, 9.17) is 4.74 Å². The van der Waals surface area contributed by atoms with Crippen molar-refractivity contribution in [2.24, 2.45) is 0 Å². The van der Waals surface area contributed by atoms with E-state index in [1.54, 1.807) is 18.2 Å². The van der Waals surface area contributed by atoms with Crippen molar-refractivity contribution in [1.82, 2.24) is 0 Å².